The molecular formula is C49H41N. The summed E-state index contributed by atoms with van der Waals surface area (Å²) >= 11 is 0. The first-order chi connectivity index (χ1) is 24.2. The molecule has 0 radical (unpaired) electrons. The van der Waals surface area contributed by atoms with E-state index < -0.39 is 0 Å². The third-order valence-corrected chi connectivity index (χ3v) is 11.4. The second kappa shape index (κ2) is 11.2. The quantitative estimate of drug-likeness (QED) is 0.180. The second-order valence-electron chi connectivity index (χ2n) is 15.0. The molecule has 1 nitrogen and oxygen atoms in total. The Labute approximate surface area is 296 Å². The van der Waals surface area contributed by atoms with Gasteiger partial charge in [0.05, 0.1) is 11.4 Å². The Morgan fingerprint density at radius 2 is 0.960 bits per heavy atom. The van der Waals surface area contributed by atoms with Gasteiger partial charge in [0.2, 0.25) is 0 Å². The Balaban J connectivity index is 1.37. The molecule has 0 aromatic heterocycles. The summed E-state index contributed by atoms with van der Waals surface area (Å²) in [5, 5.41) is 0. The van der Waals surface area contributed by atoms with Crippen LogP contribution in [0.1, 0.15) is 55.5 Å². The largest absolute Gasteiger partial charge is 0.309 e. The molecule has 7 aromatic rings. The van der Waals surface area contributed by atoms with Gasteiger partial charge in [0.25, 0.3) is 0 Å². The lowest BCUT2D eigenvalue weighted by Gasteiger charge is -2.33. The highest BCUT2D eigenvalue weighted by Crippen LogP contribution is 2.57. The molecule has 7 aromatic carbocycles. The van der Waals surface area contributed by atoms with Gasteiger partial charge in [-0.2, -0.15) is 0 Å². The fourth-order valence-corrected chi connectivity index (χ4v) is 8.85. The average molecular weight is 644 g/mol. The Morgan fingerprint density at radius 1 is 0.400 bits per heavy atom. The lowest BCUT2D eigenvalue weighted by Crippen LogP contribution is -2.18. The van der Waals surface area contributed by atoms with Crippen LogP contribution in [0.5, 0.6) is 0 Å². The van der Waals surface area contributed by atoms with Crippen LogP contribution in [-0.4, -0.2) is 0 Å². The van der Waals surface area contributed by atoms with E-state index in [-0.39, 0.29) is 10.8 Å². The minimum atomic E-state index is -0.116. The molecule has 2 aliphatic rings. The van der Waals surface area contributed by atoms with Crippen LogP contribution in [0.25, 0.3) is 44.5 Å². The summed E-state index contributed by atoms with van der Waals surface area (Å²) in [7, 11) is 0. The van der Waals surface area contributed by atoms with E-state index in [2.05, 4.69) is 197 Å². The maximum absolute atomic E-state index is 2.57. The summed E-state index contributed by atoms with van der Waals surface area (Å²) in [6.45, 7) is 11.8. The monoisotopic (exact) mass is 643 g/mol. The number of rotatable bonds is 5. The summed E-state index contributed by atoms with van der Waals surface area (Å²) < 4.78 is 0. The van der Waals surface area contributed by atoms with Gasteiger partial charge >= 0.3 is 0 Å². The molecule has 9 rings (SSSR count). The number of aryl methyl sites for hydroxylation is 1. The normalized spacial score (nSPS) is 14.4. The van der Waals surface area contributed by atoms with Crippen molar-refractivity contribution in [3.8, 4) is 44.5 Å². The van der Waals surface area contributed by atoms with E-state index in [1.54, 1.807) is 0 Å². The van der Waals surface area contributed by atoms with Crippen molar-refractivity contribution in [1.29, 1.82) is 0 Å². The molecule has 0 fully saturated rings. The predicted molar refractivity (Wildman–Crippen MR) is 212 cm³/mol. The predicted octanol–water partition coefficient (Wildman–Crippen LogP) is 13.4. The number of anilines is 3. The fraction of sp³-hybridized carbons (Fsp3) is 0.143. The minimum Gasteiger partial charge on any atom is -0.309 e. The van der Waals surface area contributed by atoms with Crippen LogP contribution in [0.15, 0.2) is 158 Å². The van der Waals surface area contributed by atoms with Crippen molar-refractivity contribution in [1.82, 2.24) is 0 Å². The number of benzene rings is 7. The summed E-state index contributed by atoms with van der Waals surface area (Å²) in [4.78, 5) is 2.57. The molecule has 242 valence electrons. The molecule has 0 unspecified atom stereocenters. The van der Waals surface area contributed by atoms with E-state index in [4.69, 9.17) is 0 Å². The van der Waals surface area contributed by atoms with E-state index in [9.17, 15) is 0 Å². The highest BCUT2D eigenvalue weighted by Gasteiger charge is 2.39. The van der Waals surface area contributed by atoms with Gasteiger partial charge in [0.15, 0.2) is 0 Å². The zero-order chi connectivity index (χ0) is 34.2. The first-order valence-electron chi connectivity index (χ1n) is 17.8. The lowest BCUT2D eigenvalue weighted by atomic mass is 9.82. The van der Waals surface area contributed by atoms with Crippen molar-refractivity contribution in [3.63, 3.8) is 0 Å². The van der Waals surface area contributed by atoms with Crippen LogP contribution in [0, 0.1) is 6.92 Å². The Kier molecular flexibility index (Phi) is 6.80. The molecule has 1 heteroatoms. The first-order valence-corrected chi connectivity index (χ1v) is 17.8. The Bertz CT molecular complexity index is 2430. The summed E-state index contributed by atoms with van der Waals surface area (Å²) in [6.07, 6.45) is 0. The molecule has 0 saturated heterocycles. The SMILES string of the molecule is Cc1cc(-c2ccccc2)cc(-c2ccccc2)c1N(c1ccc2c(c1)C(C)(C)c1ccccc1-2)c1cccc2c1-c1ccccc1C2(C)C. The van der Waals surface area contributed by atoms with Crippen LogP contribution in [0.4, 0.5) is 17.1 Å². The minimum absolute atomic E-state index is 0.107. The van der Waals surface area contributed by atoms with Crippen LogP contribution in [-0.2, 0) is 10.8 Å². The molecule has 2 aliphatic carbocycles. The number of fused-ring (bicyclic) bond motifs is 6. The van der Waals surface area contributed by atoms with Crippen molar-refractivity contribution < 1.29 is 0 Å². The third-order valence-electron chi connectivity index (χ3n) is 11.4. The van der Waals surface area contributed by atoms with Crippen molar-refractivity contribution >= 4 is 17.1 Å². The summed E-state index contributed by atoms with van der Waals surface area (Å²) in [6, 6.07) is 58.5. The van der Waals surface area contributed by atoms with Crippen molar-refractivity contribution in [2.45, 2.75) is 45.4 Å². The van der Waals surface area contributed by atoms with E-state index in [1.807, 2.05) is 0 Å². The van der Waals surface area contributed by atoms with Crippen molar-refractivity contribution in [2.75, 3.05) is 4.90 Å². The summed E-state index contributed by atoms with van der Waals surface area (Å²) in [5.74, 6) is 0. The highest BCUT2D eigenvalue weighted by atomic mass is 15.2. The van der Waals surface area contributed by atoms with Gasteiger partial charge in [-0.3, -0.25) is 0 Å². The Morgan fingerprint density at radius 3 is 1.68 bits per heavy atom. The van der Waals surface area contributed by atoms with Crippen LogP contribution in [0.3, 0.4) is 0 Å². The third kappa shape index (κ3) is 4.46. The molecule has 0 aliphatic heterocycles. The van der Waals surface area contributed by atoms with Gasteiger partial charge in [0.1, 0.15) is 0 Å². The molecule has 0 amide bonds. The van der Waals surface area contributed by atoms with Gasteiger partial charge in [-0.15, -0.1) is 0 Å². The van der Waals surface area contributed by atoms with Gasteiger partial charge in [-0.1, -0.05) is 155 Å². The van der Waals surface area contributed by atoms with Gasteiger partial charge in [-0.05, 0) is 98.5 Å². The van der Waals surface area contributed by atoms with Crippen molar-refractivity contribution in [3.05, 3.63) is 186 Å². The maximum Gasteiger partial charge on any atom is 0.0569 e. The molecule has 0 atom stereocenters. The van der Waals surface area contributed by atoms with E-state index in [0.717, 1.165) is 0 Å². The number of nitrogens with zero attached hydrogens (tertiary/aromatic N) is 1. The number of hydrogen-bond acceptors (Lipinski definition) is 1. The Hall–Kier alpha value is -5.66. The zero-order valence-electron chi connectivity index (χ0n) is 29.5. The van der Waals surface area contributed by atoms with Crippen LogP contribution >= 0.6 is 0 Å². The molecule has 0 heterocycles. The molecule has 0 N–H and O–H groups in total. The lowest BCUT2D eigenvalue weighted by molar-refractivity contribution is 0.660. The molecular weight excluding hydrogens is 603 g/mol. The summed E-state index contributed by atoms with van der Waals surface area (Å²) in [5.41, 5.74) is 20.3. The average Bonchev–Trinajstić information content (AvgIpc) is 3.53. The number of hydrogen-bond donors (Lipinski definition) is 0. The smallest absolute Gasteiger partial charge is 0.0569 e. The maximum atomic E-state index is 2.57. The van der Waals surface area contributed by atoms with Crippen molar-refractivity contribution in [2.24, 2.45) is 0 Å². The van der Waals surface area contributed by atoms with E-state index >= 15 is 0 Å². The topological polar surface area (TPSA) is 3.24 Å². The molecule has 50 heavy (non-hydrogen) atoms. The standard InChI is InChI=1S/C49H41N/c1-32-29-35(33-17-8-6-9-18-33)30-40(34-19-10-7-11-20-34)47(32)50(36-27-28-38-37-21-12-14-23-41(37)49(4,5)44(38)31-36)45-26-16-25-43-46(45)39-22-13-15-24-42(39)48(43,2)3/h6-31H,1-5H3. The zero-order valence-corrected chi connectivity index (χ0v) is 29.5. The van der Waals surface area contributed by atoms with Gasteiger partial charge in [-0.25, -0.2) is 0 Å². The van der Waals surface area contributed by atoms with E-state index in [1.165, 1.54) is 89.4 Å². The van der Waals surface area contributed by atoms with Gasteiger partial charge < -0.3 is 4.90 Å². The highest BCUT2D eigenvalue weighted by molar-refractivity contribution is 6.00. The molecule has 0 spiro atoms. The van der Waals surface area contributed by atoms with E-state index in [0.29, 0.717) is 0 Å². The fourth-order valence-electron chi connectivity index (χ4n) is 8.85. The van der Waals surface area contributed by atoms with Crippen LogP contribution < -0.4 is 4.90 Å². The van der Waals surface area contributed by atoms with Gasteiger partial charge in [0, 0.05) is 27.6 Å². The van der Waals surface area contributed by atoms with Crippen LogP contribution in [0.2, 0.25) is 0 Å². The molecule has 0 bridgehead atoms. The second-order valence-corrected chi connectivity index (χ2v) is 15.0. The molecule has 0 saturated carbocycles. The first kappa shape index (κ1) is 30.4.